The zero-order valence-electron chi connectivity index (χ0n) is 9.51. The van der Waals surface area contributed by atoms with Crippen molar-refractivity contribution in [3.8, 4) is 0 Å². The zero-order chi connectivity index (χ0) is 10.4. The van der Waals surface area contributed by atoms with E-state index in [1.165, 1.54) is 32.1 Å². The van der Waals surface area contributed by atoms with Gasteiger partial charge in [0.2, 0.25) is 5.91 Å². The number of rotatable bonds is 4. The summed E-state index contributed by atoms with van der Waals surface area (Å²) in [6.07, 6.45) is 8.91. The van der Waals surface area contributed by atoms with Crippen molar-refractivity contribution in [2.24, 2.45) is 11.8 Å². The fourth-order valence-corrected chi connectivity index (χ4v) is 2.49. The van der Waals surface area contributed by atoms with Crippen LogP contribution in [0.4, 0.5) is 0 Å². The molecule has 0 saturated heterocycles. The van der Waals surface area contributed by atoms with Crippen molar-refractivity contribution in [3.05, 3.63) is 0 Å². The van der Waals surface area contributed by atoms with Crippen LogP contribution in [0.3, 0.4) is 0 Å². The molecule has 1 aliphatic rings. The van der Waals surface area contributed by atoms with Crippen molar-refractivity contribution in [1.29, 1.82) is 0 Å². The number of carbonyl (C=O) groups is 1. The lowest BCUT2D eigenvalue weighted by Gasteiger charge is -2.25. The Morgan fingerprint density at radius 1 is 1.36 bits per heavy atom. The third-order valence-electron chi connectivity index (χ3n) is 3.45. The lowest BCUT2D eigenvalue weighted by Crippen LogP contribution is -2.29. The summed E-state index contributed by atoms with van der Waals surface area (Å²) in [7, 11) is 1.74. The Kier molecular flexibility index (Phi) is 4.99. The largest absolute Gasteiger partial charge is 0.359 e. The van der Waals surface area contributed by atoms with Crippen LogP contribution in [0.25, 0.3) is 0 Å². The highest BCUT2D eigenvalue weighted by molar-refractivity contribution is 5.78. The summed E-state index contributed by atoms with van der Waals surface area (Å²) in [5, 5.41) is 2.77. The van der Waals surface area contributed by atoms with Gasteiger partial charge in [-0.3, -0.25) is 4.79 Å². The summed E-state index contributed by atoms with van der Waals surface area (Å²) < 4.78 is 0. The predicted octanol–water partition coefficient (Wildman–Crippen LogP) is 2.73. The molecule has 1 fully saturated rings. The second-order valence-corrected chi connectivity index (χ2v) is 4.46. The first-order chi connectivity index (χ1) is 6.77. The minimum Gasteiger partial charge on any atom is -0.359 e. The summed E-state index contributed by atoms with van der Waals surface area (Å²) in [5.41, 5.74) is 0. The highest BCUT2D eigenvalue weighted by atomic mass is 16.1. The minimum atomic E-state index is 0.234. The third kappa shape index (κ3) is 3.32. The maximum absolute atomic E-state index is 11.5. The smallest absolute Gasteiger partial charge is 0.222 e. The predicted molar refractivity (Wildman–Crippen MR) is 59.0 cm³/mol. The molecule has 14 heavy (non-hydrogen) atoms. The first kappa shape index (κ1) is 11.5. The normalized spacial score (nSPS) is 20.4. The van der Waals surface area contributed by atoms with E-state index < -0.39 is 0 Å². The van der Waals surface area contributed by atoms with Crippen LogP contribution in [-0.2, 0) is 4.79 Å². The van der Waals surface area contributed by atoms with Crippen molar-refractivity contribution in [1.82, 2.24) is 5.32 Å². The van der Waals surface area contributed by atoms with Crippen molar-refractivity contribution < 1.29 is 4.79 Å². The van der Waals surface area contributed by atoms with E-state index in [4.69, 9.17) is 0 Å². The van der Waals surface area contributed by atoms with Gasteiger partial charge in [-0.25, -0.2) is 0 Å². The highest BCUT2D eigenvalue weighted by Gasteiger charge is 2.21. The molecule has 2 heteroatoms. The number of carbonyl (C=O) groups excluding carboxylic acids is 1. The maximum atomic E-state index is 11.5. The van der Waals surface area contributed by atoms with E-state index in [9.17, 15) is 4.79 Å². The zero-order valence-corrected chi connectivity index (χ0v) is 9.51. The van der Waals surface area contributed by atoms with Crippen LogP contribution in [0.2, 0.25) is 0 Å². The molecule has 2 nitrogen and oxygen atoms in total. The highest BCUT2D eigenvalue weighted by Crippen LogP contribution is 2.29. The molecular formula is C12H23NO. The molecular weight excluding hydrogens is 174 g/mol. The van der Waals surface area contributed by atoms with Gasteiger partial charge in [-0.1, -0.05) is 39.0 Å². The summed E-state index contributed by atoms with van der Waals surface area (Å²) >= 11 is 0. The van der Waals surface area contributed by atoms with Crippen molar-refractivity contribution in [2.75, 3.05) is 7.05 Å². The Morgan fingerprint density at radius 2 is 2.00 bits per heavy atom. The second-order valence-electron chi connectivity index (χ2n) is 4.46. The fraction of sp³-hybridized carbons (Fsp3) is 0.917. The number of hydrogen-bond acceptors (Lipinski definition) is 1. The Labute approximate surface area is 87.5 Å². The third-order valence-corrected chi connectivity index (χ3v) is 3.45. The molecule has 0 heterocycles. The van der Waals surface area contributed by atoms with Crippen LogP contribution in [0.1, 0.15) is 51.9 Å². The minimum absolute atomic E-state index is 0.234. The van der Waals surface area contributed by atoms with Gasteiger partial charge in [0.25, 0.3) is 0 Å². The SMILES string of the molecule is CCC(CC1CCCCC1)C(=O)NC. The molecule has 1 saturated carbocycles. The van der Waals surface area contributed by atoms with Gasteiger partial charge in [0.1, 0.15) is 0 Å². The first-order valence-corrected chi connectivity index (χ1v) is 5.99. The van der Waals surface area contributed by atoms with E-state index in [0.29, 0.717) is 0 Å². The van der Waals surface area contributed by atoms with Crippen LogP contribution in [-0.4, -0.2) is 13.0 Å². The quantitative estimate of drug-likeness (QED) is 0.737. The molecule has 0 radical (unpaired) electrons. The molecule has 82 valence electrons. The lowest BCUT2D eigenvalue weighted by atomic mass is 9.82. The van der Waals surface area contributed by atoms with Gasteiger partial charge in [-0.05, 0) is 18.8 Å². The number of nitrogens with one attached hydrogen (secondary N) is 1. The van der Waals surface area contributed by atoms with E-state index in [2.05, 4.69) is 12.2 Å². The standard InChI is InChI=1S/C12H23NO/c1-3-11(12(14)13-2)9-10-7-5-4-6-8-10/h10-11H,3-9H2,1-2H3,(H,13,14). The Bertz CT molecular complexity index is 173. The molecule has 0 aromatic rings. The van der Waals surface area contributed by atoms with E-state index in [-0.39, 0.29) is 11.8 Å². The molecule has 0 spiro atoms. The molecule has 0 bridgehead atoms. The molecule has 1 unspecified atom stereocenters. The summed E-state index contributed by atoms with van der Waals surface area (Å²) in [4.78, 5) is 11.5. The molecule has 0 aromatic carbocycles. The number of hydrogen-bond donors (Lipinski definition) is 1. The molecule has 0 aromatic heterocycles. The molecule has 1 aliphatic carbocycles. The van der Waals surface area contributed by atoms with Gasteiger partial charge in [-0.15, -0.1) is 0 Å². The van der Waals surface area contributed by atoms with E-state index >= 15 is 0 Å². The van der Waals surface area contributed by atoms with Gasteiger partial charge in [-0.2, -0.15) is 0 Å². The summed E-state index contributed by atoms with van der Waals surface area (Å²) in [5.74, 6) is 1.30. The number of amides is 1. The van der Waals surface area contributed by atoms with Gasteiger partial charge >= 0.3 is 0 Å². The van der Waals surface area contributed by atoms with Crippen LogP contribution in [0, 0.1) is 11.8 Å². The van der Waals surface area contributed by atoms with E-state index in [0.717, 1.165) is 18.8 Å². The van der Waals surface area contributed by atoms with E-state index in [1.54, 1.807) is 7.05 Å². The topological polar surface area (TPSA) is 29.1 Å². The Hall–Kier alpha value is -0.530. The van der Waals surface area contributed by atoms with Crippen LogP contribution < -0.4 is 5.32 Å². The molecule has 1 amide bonds. The monoisotopic (exact) mass is 197 g/mol. The first-order valence-electron chi connectivity index (χ1n) is 5.99. The maximum Gasteiger partial charge on any atom is 0.222 e. The average Bonchev–Trinajstić information content (AvgIpc) is 2.26. The molecule has 1 N–H and O–H groups in total. The summed E-state index contributed by atoms with van der Waals surface area (Å²) in [6, 6.07) is 0. The lowest BCUT2D eigenvalue weighted by molar-refractivity contribution is -0.125. The van der Waals surface area contributed by atoms with Crippen LogP contribution >= 0.6 is 0 Å². The van der Waals surface area contributed by atoms with Crippen LogP contribution in [0.15, 0.2) is 0 Å². The van der Waals surface area contributed by atoms with Gasteiger partial charge < -0.3 is 5.32 Å². The van der Waals surface area contributed by atoms with E-state index in [1.807, 2.05) is 0 Å². The second kappa shape index (κ2) is 6.05. The van der Waals surface area contributed by atoms with Gasteiger partial charge in [0, 0.05) is 13.0 Å². The average molecular weight is 197 g/mol. The fourth-order valence-electron chi connectivity index (χ4n) is 2.49. The molecule has 0 aliphatic heterocycles. The van der Waals surface area contributed by atoms with Gasteiger partial charge in [0.15, 0.2) is 0 Å². The Morgan fingerprint density at radius 3 is 2.50 bits per heavy atom. The van der Waals surface area contributed by atoms with Crippen molar-refractivity contribution in [3.63, 3.8) is 0 Å². The van der Waals surface area contributed by atoms with Crippen molar-refractivity contribution >= 4 is 5.91 Å². The Balaban J connectivity index is 2.34. The summed E-state index contributed by atoms with van der Waals surface area (Å²) in [6.45, 7) is 2.11. The van der Waals surface area contributed by atoms with Gasteiger partial charge in [0.05, 0.1) is 0 Å². The molecule has 1 atom stereocenters. The molecule has 1 rings (SSSR count). The van der Waals surface area contributed by atoms with Crippen molar-refractivity contribution in [2.45, 2.75) is 51.9 Å². The van der Waals surface area contributed by atoms with Crippen LogP contribution in [0.5, 0.6) is 0 Å².